The molecule has 0 spiro atoms. The summed E-state index contributed by atoms with van der Waals surface area (Å²) in [5.41, 5.74) is 1.10. The Morgan fingerprint density at radius 3 is 2.48 bits per heavy atom. The maximum absolute atomic E-state index is 12.8. The number of ether oxygens (including phenoxy) is 1. The third-order valence-electron chi connectivity index (χ3n) is 5.26. The van der Waals surface area contributed by atoms with Crippen LogP contribution in [0, 0.1) is 0 Å². The van der Waals surface area contributed by atoms with Gasteiger partial charge in [-0.05, 0) is 18.6 Å². The molecule has 2 aromatic carbocycles. The third-order valence-corrected chi connectivity index (χ3v) is 5.26. The molecule has 0 fully saturated rings. The Bertz CT molecular complexity index is 1320. The minimum absolute atomic E-state index is 0.0402. The molecule has 4 rings (SSSR count). The van der Waals surface area contributed by atoms with Gasteiger partial charge in [0, 0.05) is 34.6 Å². The van der Waals surface area contributed by atoms with E-state index in [-0.39, 0.29) is 17.0 Å². The second-order valence-corrected chi connectivity index (χ2v) is 7.38. The van der Waals surface area contributed by atoms with Crippen molar-refractivity contribution in [1.82, 2.24) is 14.8 Å². The van der Waals surface area contributed by atoms with Crippen molar-refractivity contribution in [2.24, 2.45) is 0 Å². The minimum Gasteiger partial charge on any atom is -0.452 e. The number of aromatic amines is 1. The number of aryl methyl sites for hydroxylation is 1. The molecular formula is C24H23N3O4. The van der Waals surface area contributed by atoms with Crippen LogP contribution in [-0.4, -0.2) is 33.1 Å². The highest BCUT2D eigenvalue weighted by molar-refractivity contribution is 6.09. The zero-order chi connectivity index (χ0) is 21.8. The van der Waals surface area contributed by atoms with Gasteiger partial charge in [-0.2, -0.15) is 5.10 Å². The van der Waals surface area contributed by atoms with Crippen LogP contribution >= 0.6 is 0 Å². The number of esters is 1. The Balaban J connectivity index is 1.59. The summed E-state index contributed by atoms with van der Waals surface area (Å²) in [5.74, 6) is -1.04. The Morgan fingerprint density at radius 1 is 1.00 bits per heavy atom. The molecule has 0 aliphatic heterocycles. The fourth-order valence-electron chi connectivity index (χ4n) is 3.63. The molecular weight excluding hydrogens is 394 g/mol. The van der Waals surface area contributed by atoms with Gasteiger partial charge in [-0.15, -0.1) is 0 Å². The van der Waals surface area contributed by atoms with Crippen molar-refractivity contribution in [3.05, 3.63) is 76.3 Å². The predicted octanol–water partition coefficient (Wildman–Crippen LogP) is 4.11. The summed E-state index contributed by atoms with van der Waals surface area (Å²) in [7, 11) is 0. The summed E-state index contributed by atoms with van der Waals surface area (Å²) in [6.45, 7) is 2.09. The van der Waals surface area contributed by atoms with Crippen molar-refractivity contribution in [1.29, 1.82) is 0 Å². The Hall–Kier alpha value is -3.74. The molecule has 2 heterocycles. The Labute approximate surface area is 178 Å². The van der Waals surface area contributed by atoms with Crippen molar-refractivity contribution >= 4 is 33.4 Å². The van der Waals surface area contributed by atoms with Crippen LogP contribution in [0.3, 0.4) is 0 Å². The van der Waals surface area contributed by atoms with Gasteiger partial charge >= 0.3 is 5.97 Å². The smallest absolute Gasteiger partial charge is 0.359 e. The number of rotatable bonds is 8. The molecule has 7 heteroatoms. The van der Waals surface area contributed by atoms with E-state index in [1.807, 2.05) is 24.3 Å². The summed E-state index contributed by atoms with van der Waals surface area (Å²) < 4.78 is 6.63. The monoisotopic (exact) mass is 417 g/mol. The first kappa shape index (κ1) is 20.5. The molecule has 158 valence electrons. The lowest BCUT2D eigenvalue weighted by molar-refractivity contribution is 0.0469. The molecule has 0 unspecified atom stereocenters. The van der Waals surface area contributed by atoms with Gasteiger partial charge in [-0.1, -0.05) is 56.2 Å². The maximum atomic E-state index is 12.8. The molecule has 0 amide bonds. The van der Waals surface area contributed by atoms with E-state index in [1.165, 1.54) is 4.68 Å². The average molecular weight is 417 g/mol. The summed E-state index contributed by atoms with van der Waals surface area (Å²) in [5, 5.41) is 5.88. The number of nitrogens with one attached hydrogen (secondary N) is 1. The second kappa shape index (κ2) is 8.95. The zero-order valence-electron chi connectivity index (χ0n) is 17.3. The van der Waals surface area contributed by atoms with E-state index in [1.54, 1.807) is 30.5 Å². The number of Topliss-reactive ketones (excluding diaryl/α,β-unsaturated/α-hetero) is 1. The van der Waals surface area contributed by atoms with Crippen molar-refractivity contribution in [2.75, 3.05) is 6.61 Å². The lowest BCUT2D eigenvalue weighted by Crippen LogP contribution is -2.27. The summed E-state index contributed by atoms with van der Waals surface area (Å²) >= 11 is 0. The quantitative estimate of drug-likeness (QED) is 0.265. The van der Waals surface area contributed by atoms with E-state index >= 15 is 0 Å². The number of unbranched alkanes of at least 4 members (excludes halogenated alkanes) is 2. The number of nitrogens with zero attached hydrogens (tertiary/aromatic N) is 2. The van der Waals surface area contributed by atoms with Gasteiger partial charge in [0.05, 0.1) is 5.39 Å². The number of hydrogen-bond acceptors (Lipinski definition) is 5. The van der Waals surface area contributed by atoms with Crippen molar-refractivity contribution in [3.63, 3.8) is 0 Å². The Kier molecular flexibility index (Phi) is 5.93. The average Bonchev–Trinajstić information content (AvgIpc) is 3.23. The van der Waals surface area contributed by atoms with Crippen LogP contribution in [0.4, 0.5) is 0 Å². The molecule has 0 aliphatic carbocycles. The molecule has 1 N–H and O–H groups in total. The lowest BCUT2D eigenvalue weighted by Gasteiger charge is -2.10. The number of benzene rings is 2. The van der Waals surface area contributed by atoms with Gasteiger partial charge in [-0.3, -0.25) is 9.59 Å². The lowest BCUT2D eigenvalue weighted by atomic mass is 10.1. The van der Waals surface area contributed by atoms with E-state index < -0.39 is 12.6 Å². The van der Waals surface area contributed by atoms with Crippen LogP contribution < -0.4 is 5.56 Å². The van der Waals surface area contributed by atoms with E-state index in [0.29, 0.717) is 22.9 Å². The van der Waals surface area contributed by atoms with Gasteiger partial charge in [0.15, 0.2) is 12.3 Å². The molecule has 4 aromatic rings. The van der Waals surface area contributed by atoms with Gasteiger partial charge in [-0.25, -0.2) is 9.48 Å². The van der Waals surface area contributed by atoms with Gasteiger partial charge < -0.3 is 9.72 Å². The van der Waals surface area contributed by atoms with Gasteiger partial charge in [0.2, 0.25) is 5.78 Å². The summed E-state index contributed by atoms with van der Waals surface area (Å²) in [6.07, 6.45) is 4.37. The number of carbonyl (C=O) groups excluding carboxylic acids is 2. The largest absolute Gasteiger partial charge is 0.452 e. The summed E-state index contributed by atoms with van der Waals surface area (Å²) in [6, 6.07) is 14.2. The number of carbonyl (C=O) groups is 2. The molecule has 0 atom stereocenters. The number of fused-ring (bicyclic) bond motifs is 2. The fourth-order valence-corrected chi connectivity index (χ4v) is 3.63. The number of para-hydroxylation sites is 1. The maximum Gasteiger partial charge on any atom is 0.359 e. The van der Waals surface area contributed by atoms with Crippen molar-refractivity contribution in [2.45, 2.75) is 32.7 Å². The first-order chi connectivity index (χ1) is 15.1. The number of hydrogen-bond donors (Lipinski definition) is 1. The topological polar surface area (TPSA) is 94.1 Å². The highest BCUT2D eigenvalue weighted by Crippen LogP contribution is 2.19. The molecule has 0 saturated carbocycles. The van der Waals surface area contributed by atoms with E-state index in [0.717, 1.165) is 30.2 Å². The van der Waals surface area contributed by atoms with Crippen LogP contribution in [0.2, 0.25) is 0 Å². The first-order valence-electron chi connectivity index (χ1n) is 10.4. The minimum atomic E-state index is -0.728. The fraction of sp³-hybridized carbons (Fsp3) is 0.250. The predicted molar refractivity (Wildman–Crippen MR) is 118 cm³/mol. The summed E-state index contributed by atoms with van der Waals surface area (Å²) in [4.78, 5) is 41.2. The van der Waals surface area contributed by atoms with E-state index in [2.05, 4.69) is 17.0 Å². The standard InChI is InChI=1S/C24H23N3O4/c1-2-3-8-13-27-23(29)18-11-5-4-10-17(18)22(26-27)24(30)31-15-21(28)19-14-25-20-12-7-6-9-16(19)20/h4-7,9-12,14,25H,2-3,8,13,15H2,1H3. The first-order valence-corrected chi connectivity index (χ1v) is 10.4. The van der Waals surface area contributed by atoms with Crippen molar-refractivity contribution < 1.29 is 14.3 Å². The van der Waals surface area contributed by atoms with E-state index in [9.17, 15) is 14.4 Å². The SMILES string of the molecule is CCCCCn1nc(C(=O)OCC(=O)c2c[nH]c3ccccc23)c2ccccc2c1=O. The molecule has 7 nitrogen and oxygen atoms in total. The van der Waals surface area contributed by atoms with Crippen molar-refractivity contribution in [3.8, 4) is 0 Å². The van der Waals surface area contributed by atoms with Crippen LogP contribution in [0.25, 0.3) is 21.7 Å². The molecule has 0 radical (unpaired) electrons. The number of aromatic nitrogens is 3. The van der Waals surface area contributed by atoms with E-state index in [4.69, 9.17) is 4.74 Å². The second-order valence-electron chi connectivity index (χ2n) is 7.38. The van der Waals surface area contributed by atoms with Gasteiger partial charge in [0.1, 0.15) is 0 Å². The normalized spacial score (nSPS) is 11.1. The van der Waals surface area contributed by atoms with Crippen LogP contribution in [0.1, 0.15) is 47.0 Å². The number of ketones is 1. The van der Waals surface area contributed by atoms with Gasteiger partial charge in [0.25, 0.3) is 5.56 Å². The van der Waals surface area contributed by atoms with Crippen LogP contribution in [0.5, 0.6) is 0 Å². The van der Waals surface area contributed by atoms with Crippen LogP contribution in [0.15, 0.2) is 59.5 Å². The third kappa shape index (κ3) is 4.12. The number of H-pyrrole nitrogens is 1. The molecule has 0 saturated heterocycles. The highest BCUT2D eigenvalue weighted by Gasteiger charge is 2.20. The highest BCUT2D eigenvalue weighted by atomic mass is 16.5. The zero-order valence-corrected chi connectivity index (χ0v) is 17.3. The Morgan fingerprint density at radius 2 is 1.71 bits per heavy atom. The molecule has 0 bridgehead atoms. The van der Waals surface area contributed by atoms with Crippen LogP contribution in [-0.2, 0) is 11.3 Å². The molecule has 31 heavy (non-hydrogen) atoms. The molecule has 0 aliphatic rings. The molecule has 2 aromatic heterocycles.